The summed E-state index contributed by atoms with van der Waals surface area (Å²) < 4.78 is 53.8. The molecule has 0 aliphatic carbocycles. The molecule has 7 nitrogen and oxygen atoms in total. The van der Waals surface area contributed by atoms with Crippen LogP contribution in [0, 0.1) is 0 Å². The fraction of sp³-hybridized carbons (Fsp3) is 0.600. The Balaban J connectivity index is 0.00000312. The van der Waals surface area contributed by atoms with Crippen LogP contribution in [-0.2, 0) is 20.0 Å². The lowest BCUT2D eigenvalue weighted by Crippen LogP contribution is -2.35. The predicted molar refractivity (Wildman–Crippen MR) is 99.8 cm³/mol. The zero-order chi connectivity index (χ0) is 17.8. The van der Waals surface area contributed by atoms with Gasteiger partial charge in [-0.1, -0.05) is 12.5 Å². The maximum absolute atomic E-state index is 12.7. The van der Waals surface area contributed by atoms with Gasteiger partial charge in [-0.2, -0.15) is 4.31 Å². The molecule has 25 heavy (non-hydrogen) atoms. The van der Waals surface area contributed by atoms with Crippen LogP contribution in [0.3, 0.4) is 0 Å². The maximum Gasteiger partial charge on any atom is 0.243 e. The summed E-state index contributed by atoms with van der Waals surface area (Å²) in [6.45, 7) is 2.96. The number of rotatable bonds is 7. The number of nitrogens with two attached hydrogens (primary N) is 1. The highest BCUT2D eigenvalue weighted by molar-refractivity contribution is 7.90. The zero-order valence-corrected chi connectivity index (χ0v) is 16.7. The fourth-order valence-corrected chi connectivity index (χ4v) is 5.29. The van der Waals surface area contributed by atoms with E-state index in [9.17, 15) is 16.8 Å². The molecule has 0 aromatic heterocycles. The summed E-state index contributed by atoms with van der Waals surface area (Å²) >= 11 is 0. The number of hydrogen-bond acceptors (Lipinski definition) is 5. The lowest BCUT2D eigenvalue weighted by molar-refractivity contribution is 0.346. The molecule has 0 bridgehead atoms. The Labute approximate surface area is 156 Å². The van der Waals surface area contributed by atoms with Gasteiger partial charge in [0.25, 0.3) is 0 Å². The van der Waals surface area contributed by atoms with Crippen LogP contribution < -0.4 is 10.5 Å². The van der Waals surface area contributed by atoms with Crippen molar-refractivity contribution in [2.45, 2.75) is 48.4 Å². The normalized spacial score (nSPS) is 17.7. The van der Waals surface area contributed by atoms with Gasteiger partial charge in [0.05, 0.1) is 9.79 Å². The average molecular weight is 412 g/mol. The van der Waals surface area contributed by atoms with Gasteiger partial charge in [0.2, 0.25) is 20.0 Å². The molecule has 0 saturated carbocycles. The van der Waals surface area contributed by atoms with Gasteiger partial charge >= 0.3 is 0 Å². The van der Waals surface area contributed by atoms with Gasteiger partial charge in [-0.25, -0.2) is 21.6 Å². The molecule has 1 fully saturated rings. The first kappa shape index (κ1) is 22.3. The minimum absolute atomic E-state index is 0. The number of nitrogens with one attached hydrogen (secondary N) is 1. The highest BCUT2D eigenvalue weighted by atomic mass is 35.5. The molecule has 1 aromatic rings. The Hall–Kier alpha value is -0.710. The maximum atomic E-state index is 12.7. The molecule has 1 aliphatic heterocycles. The molecule has 1 atom stereocenters. The molecule has 1 unspecified atom stereocenters. The van der Waals surface area contributed by atoms with Crippen molar-refractivity contribution in [1.29, 1.82) is 0 Å². The van der Waals surface area contributed by atoms with E-state index in [2.05, 4.69) is 4.72 Å². The van der Waals surface area contributed by atoms with E-state index in [1.807, 2.05) is 0 Å². The molecule has 144 valence electrons. The average Bonchev–Trinajstić information content (AvgIpc) is 2.55. The minimum Gasteiger partial charge on any atom is -0.328 e. The second-order valence-electron chi connectivity index (χ2n) is 6.10. The molecule has 1 aromatic carbocycles. The van der Waals surface area contributed by atoms with Crippen LogP contribution in [0.5, 0.6) is 0 Å². The third kappa shape index (κ3) is 5.90. The zero-order valence-electron chi connectivity index (χ0n) is 14.2. The van der Waals surface area contributed by atoms with Crippen molar-refractivity contribution in [3.8, 4) is 0 Å². The van der Waals surface area contributed by atoms with Crippen molar-refractivity contribution in [3.63, 3.8) is 0 Å². The Kier molecular flexibility index (Phi) is 8.30. The molecule has 10 heteroatoms. The molecule has 0 spiro atoms. The number of piperidine rings is 1. The summed E-state index contributed by atoms with van der Waals surface area (Å²) in [6, 6.07) is 5.39. The van der Waals surface area contributed by atoms with Gasteiger partial charge in [-0.15, -0.1) is 12.4 Å². The lowest BCUT2D eigenvalue weighted by Gasteiger charge is -2.26. The molecule has 1 aliphatic rings. The molecule has 0 amide bonds. The second-order valence-corrected chi connectivity index (χ2v) is 9.81. The molecule has 0 radical (unpaired) electrons. The Morgan fingerprint density at radius 2 is 1.72 bits per heavy atom. The van der Waals surface area contributed by atoms with E-state index in [0.29, 0.717) is 19.5 Å². The van der Waals surface area contributed by atoms with Crippen molar-refractivity contribution in [3.05, 3.63) is 24.3 Å². The quantitative estimate of drug-likeness (QED) is 0.702. The van der Waals surface area contributed by atoms with Crippen LogP contribution in [-0.4, -0.2) is 46.8 Å². The fourth-order valence-electron chi connectivity index (χ4n) is 2.56. The molecule has 2 rings (SSSR count). The number of benzene rings is 1. The highest BCUT2D eigenvalue weighted by Crippen LogP contribution is 2.22. The molecule has 3 N–H and O–H groups in total. The van der Waals surface area contributed by atoms with E-state index < -0.39 is 20.0 Å². The largest absolute Gasteiger partial charge is 0.328 e. The van der Waals surface area contributed by atoms with Crippen molar-refractivity contribution >= 4 is 32.5 Å². The molecular formula is C15H26ClN3O4S2. The van der Waals surface area contributed by atoms with Crippen LogP contribution >= 0.6 is 12.4 Å². The summed E-state index contributed by atoms with van der Waals surface area (Å²) in [5.74, 6) is 0. The highest BCUT2D eigenvalue weighted by Gasteiger charge is 2.27. The summed E-state index contributed by atoms with van der Waals surface area (Å²) in [6.07, 6.45) is 3.18. The lowest BCUT2D eigenvalue weighted by atomic mass is 10.2. The van der Waals surface area contributed by atoms with Gasteiger partial charge in [0.1, 0.15) is 0 Å². The third-order valence-electron chi connectivity index (χ3n) is 3.96. The van der Waals surface area contributed by atoms with Crippen molar-refractivity contribution in [2.24, 2.45) is 5.73 Å². The Morgan fingerprint density at radius 3 is 2.32 bits per heavy atom. The van der Waals surface area contributed by atoms with Gasteiger partial charge in [0, 0.05) is 25.7 Å². The standard InChI is InChI=1S/C15H25N3O4S2.ClH/c1-13(16)8-9-17-23(19,20)14-6-5-7-15(12-14)24(21,22)18-10-3-2-4-11-18;/h5-7,12-13,17H,2-4,8-11,16H2,1H3;1H. The first-order valence-corrected chi connectivity index (χ1v) is 11.0. The third-order valence-corrected chi connectivity index (χ3v) is 7.31. The molecule has 1 heterocycles. The van der Waals surface area contributed by atoms with E-state index in [1.165, 1.54) is 28.6 Å². The summed E-state index contributed by atoms with van der Waals surface area (Å²) in [4.78, 5) is -0.0373. The smallest absolute Gasteiger partial charge is 0.243 e. The predicted octanol–water partition coefficient (Wildman–Crippen LogP) is 1.30. The minimum atomic E-state index is -3.76. The number of halogens is 1. The monoisotopic (exact) mass is 411 g/mol. The van der Waals surface area contributed by atoms with Crippen LogP contribution in [0.25, 0.3) is 0 Å². The first-order valence-electron chi connectivity index (χ1n) is 8.09. The first-order chi connectivity index (χ1) is 11.2. The van der Waals surface area contributed by atoms with Gasteiger partial charge in [-0.3, -0.25) is 0 Å². The molecule has 1 saturated heterocycles. The Morgan fingerprint density at radius 1 is 1.12 bits per heavy atom. The summed E-state index contributed by atoms with van der Waals surface area (Å²) in [5.41, 5.74) is 5.60. The van der Waals surface area contributed by atoms with Crippen LogP contribution in [0.15, 0.2) is 34.1 Å². The topological polar surface area (TPSA) is 110 Å². The van der Waals surface area contributed by atoms with Crippen molar-refractivity contribution in [2.75, 3.05) is 19.6 Å². The Bertz CT molecular complexity index is 761. The van der Waals surface area contributed by atoms with E-state index in [4.69, 9.17) is 5.73 Å². The van der Waals surface area contributed by atoms with E-state index >= 15 is 0 Å². The van der Waals surface area contributed by atoms with Crippen LogP contribution in [0.1, 0.15) is 32.6 Å². The summed E-state index contributed by atoms with van der Waals surface area (Å²) in [5, 5.41) is 0. The number of hydrogen-bond donors (Lipinski definition) is 2. The van der Waals surface area contributed by atoms with E-state index in [0.717, 1.165) is 19.3 Å². The number of nitrogens with zero attached hydrogens (tertiary/aromatic N) is 1. The van der Waals surface area contributed by atoms with Gasteiger partial charge in [-0.05, 0) is 44.4 Å². The van der Waals surface area contributed by atoms with Crippen LogP contribution in [0.4, 0.5) is 0 Å². The van der Waals surface area contributed by atoms with Gasteiger partial charge in [0.15, 0.2) is 0 Å². The van der Waals surface area contributed by atoms with Crippen molar-refractivity contribution in [1.82, 2.24) is 9.03 Å². The van der Waals surface area contributed by atoms with Gasteiger partial charge < -0.3 is 5.73 Å². The second kappa shape index (κ2) is 9.29. The summed E-state index contributed by atoms with van der Waals surface area (Å²) in [7, 11) is -7.42. The van der Waals surface area contributed by atoms with Crippen molar-refractivity contribution < 1.29 is 16.8 Å². The van der Waals surface area contributed by atoms with E-state index in [-0.39, 0.29) is 34.8 Å². The van der Waals surface area contributed by atoms with E-state index in [1.54, 1.807) is 6.92 Å². The van der Waals surface area contributed by atoms with Crippen LogP contribution in [0.2, 0.25) is 0 Å². The molecular weight excluding hydrogens is 386 g/mol. The number of sulfonamides is 2. The SMILES string of the molecule is CC(N)CCNS(=O)(=O)c1cccc(S(=O)(=O)N2CCCCC2)c1.Cl.